The van der Waals surface area contributed by atoms with Gasteiger partial charge in [0.25, 0.3) is 0 Å². The fourth-order valence-corrected chi connectivity index (χ4v) is 7.28. The van der Waals surface area contributed by atoms with Crippen molar-refractivity contribution in [2.45, 2.75) is 76.9 Å². The van der Waals surface area contributed by atoms with E-state index in [1.54, 1.807) is 7.11 Å². The molecule has 0 aliphatic carbocycles. The number of rotatable bonds is 12. The second kappa shape index (κ2) is 14.2. The molecule has 5 nitrogen and oxygen atoms in total. The molecule has 0 unspecified atom stereocenters. The molecule has 1 heterocycles. The van der Waals surface area contributed by atoms with Gasteiger partial charge in [-0.05, 0) is 84.4 Å². The zero-order valence-electron chi connectivity index (χ0n) is 27.8. The van der Waals surface area contributed by atoms with Crippen LogP contribution < -0.4 is 14.4 Å². The number of para-hydroxylation sites is 1. The summed E-state index contributed by atoms with van der Waals surface area (Å²) >= 11 is 0. The molecule has 0 aromatic heterocycles. The van der Waals surface area contributed by atoms with Crippen LogP contribution in [0.15, 0.2) is 103 Å². The molecule has 1 aliphatic rings. The molecule has 5 rings (SSSR count). The lowest BCUT2D eigenvalue weighted by Gasteiger charge is -2.40. The molecule has 3 atom stereocenters. The van der Waals surface area contributed by atoms with Gasteiger partial charge in [-0.15, -0.1) is 0 Å². The number of carbonyl (C=O) groups excluding carboxylic acids is 1. The van der Waals surface area contributed by atoms with Crippen molar-refractivity contribution in [2.75, 3.05) is 12.0 Å². The molecule has 1 aliphatic heterocycles. The quantitative estimate of drug-likeness (QED) is 0.145. The van der Waals surface area contributed by atoms with Crippen LogP contribution in [-0.4, -0.2) is 21.3 Å². The van der Waals surface area contributed by atoms with E-state index < -0.39 is 8.32 Å². The molecule has 4 aromatic carbocycles. The second-order valence-electron chi connectivity index (χ2n) is 13.7. The van der Waals surface area contributed by atoms with Crippen molar-refractivity contribution < 1.29 is 23.1 Å². The third-order valence-corrected chi connectivity index (χ3v) is 14.0. The number of ether oxygens (including phenoxy) is 2. The van der Waals surface area contributed by atoms with Crippen LogP contribution in [0.2, 0.25) is 18.1 Å². The molecule has 0 N–H and O–H groups in total. The largest absolute Gasteiger partial charge is 0.497 e. The molecule has 1 fully saturated rings. The second-order valence-corrected chi connectivity index (χ2v) is 18.4. The van der Waals surface area contributed by atoms with Gasteiger partial charge in [0.1, 0.15) is 23.9 Å². The summed E-state index contributed by atoms with van der Waals surface area (Å²) in [5.74, 6) is 1.19. The predicted molar refractivity (Wildman–Crippen MR) is 185 cm³/mol. The number of halogens is 1. The van der Waals surface area contributed by atoms with Gasteiger partial charge < -0.3 is 18.8 Å². The number of benzene rings is 4. The highest BCUT2D eigenvalue weighted by atomic mass is 28.4. The standard InChI is InChI=1S/C39H46FNO4Si/c1-39(2,3)46(5,6)45-35(29-17-20-31(40)21-18-29)24-19-30-25-37(42)41(32-15-11-8-12-16-32)38(30)34-23-22-33(43-4)26-36(34)44-27-28-13-9-7-10-14-28/h7-18,20-23,26,30,35,38H,19,24-25,27H2,1-6H3/t30-,35-,38-/m0/s1. The maximum absolute atomic E-state index is 14.0. The molecule has 0 saturated carbocycles. The number of amides is 1. The maximum atomic E-state index is 14.0. The highest BCUT2D eigenvalue weighted by Crippen LogP contribution is 2.48. The molecule has 4 aromatic rings. The first-order chi connectivity index (χ1) is 22.0. The van der Waals surface area contributed by atoms with Gasteiger partial charge >= 0.3 is 0 Å². The van der Waals surface area contributed by atoms with Gasteiger partial charge in [-0.1, -0.05) is 81.4 Å². The summed E-state index contributed by atoms with van der Waals surface area (Å²) in [6.45, 7) is 11.6. The minimum absolute atomic E-state index is 0.00820. The Hall–Kier alpha value is -3.94. The number of methoxy groups -OCH3 is 1. The zero-order valence-corrected chi connectivity index (χ0v) is 28.8. The number of nitrogens with zero attached hydrogens (tertiary/aromatic N) is 1. The van der Waals surface area contributed by atoms with Crippen molar-refractivity contribution in [3.8, 4) is 11.5 Å². The maximum Gasteiger partial charge on any atom is 0.227 e. The minimum atomic E-state index is -2.17. The summed E-state index contributed by atoms with van der Waals surface area (Å²) < 4.78 is 33.0. The van der Waals surface area contributed by atoms with Crippen molar-refractivity contribution in [3.05, 3.63) is 126 Å². The zero-order chi connectivity index (χ0) is 32.9. The average molecular weight is 640 g/mol. The molecule has 1 amide bonds. The topological polar surface area (TPSA) is 48.0 Å². The lowest BCUT2D eigenvalue weighted by atomic mass is 9.87. The number of hydrogen-bond donors (Lipinski definition) is 0. The van der Waals surface area contributed by atoms with Crippen molar-refractivity contribution >= 4 is 19.9 Å². The molecule has 0 bridgehead atoms. The van der Waals surface area contributed by atoms with Gasteiger partial charge in [0, 0.05) is 23.7 Å². The Morgan fingerprint density at radius 1 is 0.913 bits per heavy atom. The normalized spacial score (nSPS) is 17.6. The van der Waals surface area contributed by atoms with E-state index in [1.165, 1.54) is 12.1 Å². The van der Waals surface area contributed by atoms with Crippen molar-refractivity contribution in [2.24, 2.45) is 5.92 Å². The molecule has 0 spiro atoms. The number of anilines is 1. The van der Waals surface area contributed by atoms with Gasteiger partial charge in [0.05, 0.1) is 19.3 Å². The van der Waals surface area contributed by atoms with E-state index >= 15 is 0 Å². The fraction of sp³-hybridized carbons (Fsp3) is 0.359. The van der Waals surface area contributed by atoms with Gasteiger partial charge in [0.2, 0.25) is 5.91 Å². The first kappa shape index (κ1) is 33.4. The van der Waals surface area contributed by atoms with Crippen molar-refractivity contribution in [1.29, 1.82) is 0 Å². The lowest BCUT2D eigenvalue weighted by molar-refractivity contribution is -0.117. The van der Waals surface area contributed by atoms with E-state index in [0.717, 1.165) is 28.8 Å². The predicted octanol–water partition coefficient (Wildman–Crippen LogP) is 10.1. The van der Waals surface area contributed by atoms with Crippen LogP contribution in [0.4, 0.5) is 10.1 Å². The Bertz CT molecular complexity index is 1590. The summed E-state index contributed by atoms with van der Waals surface area (Å²) in [6.07, 6.45) is 1.62. The van der Waals surface area contributed by atoms with Crippen LogP contribution >= 0.6 is 0 Å². The van der Waals surface area contributed by atoms with Crippen LogP contribution in [0.3, 0.4) is 0 Å². The van der Waals surface area contributed by atoms with Gasteiger partial charge in [-0.25, -0.2) is 4.39 Å². The number of carbonyl (C=O) groups is 1. The molecule has 46 heavy (non-hydrogen) atoms. The minimum Gasteiger partial charge on any atom is -0.497 e. The molecule has 0 radical (unpaired) electrons. The third-order valence-electron chi connectivity index (χ3n) is 9.53. The summed E-state index contributed by atoms with van der Waals surface area (Å²) in [5.41, 5.74) is 3.82. The summed E-state index contributed by atoms with van der Waals surface area (Å²) in [5, 5.41) is 0.00926. The smallest absolute Gasteiger partial charge is 0.227 e. The Kier molecular flexibility index (Phi) is 10.3. The summed E-state index contributed by atoms with van der Waals surface area (Å²) in [4.78, 5) is 15.8. The molecular weight excluding hydrogens is 594 g/mol. The highest BCUT2D eigenvalue weighted by Gasteiger charge is 2.44. The van der Waals surface area contributed by atoms with E-state index in [0.29, 0.717) is 30.9 Å². The monoisotopic (exact) mass is 639 g/mol. The molecular formula is C39H46FNO4Si. The first-order valence-electron chi connectivity index (χ1n) is 16.1. The van der Waals surface area contributed by atoms with Crippen LogP contribution in [0.5, 0.6) is 11.5 Å². The Balaban J connectivity index is 1.51. The Morgan fingerprint density at radius 3 is 2.20 bits per heavy atom. The number of hydrogen-bond acceptors (Lipinski definition) is 4. The van der Waals surface area contributed by atoms with Crippen LogP contribution in [0, 0.1) is 11.7 Å². The molecule has 242 valence electrons. The fourth-order valence-electron chi connectivity index (χ4n) is 5.96. The summed E-state index contributed by atoms with van der Waals surface area (Å²) in [7, 11) is -0.524. The molecule has 1 saturated heterocycles. The molecule has 7 heteroatoms. The van der Waals surface area contributed by atoms with Gasteiger partial charge in [0.15, 0.2) is 8.32 Å². The van der Waals surface area contributed by atoms with Crippen LogP contribution in [0.25, 0.3) is 0 Å². The van der Waals surface area contributed by atoms with Crippen molar-refractivity contribution in [1.82, 2.24) is 0 Å². The Morgan fingerprint density at radius 2 is 1.57 bits per heavy atom. The lowest BCUT2D eigenvalue weighted by Crippen LogP contribution is -2.42. The van der Waals surface area contributed by atoms with Gasteiger partial charge in [-0.2, -0.15) is 0 Å². The summed E-state index contributed by atoms with van der Waals surface area (Å²) in [6, 6.07) is 32.2. The van der Waals surface area contributed by atoms with E-state index in [2.05, 4.69) is 33.9 Å². The Labute approximate surface area is 274 Å². The van der Waals surface area contributed by atoms with E-state index in [-0.39, 0.29) is 34.8 Å². The van der Waals surface area contributed by atoms with Gasteiger partial charge in [-0.3, -0.25) is 4.79 Å². The van der Waals surface area contributed by atoms with E-state index in [9.17, 15) is 9.18 Å². The van der Waals surface area contributed by atoms with Crippen LogP contribution in [0.1, 0.15) is 68.9 Å². The SMILES string of the molecule is COc1ccc([C@@H]2[C@@H](CC[C@H](O[Si](C)(C)C(C)(C)C)c3ccc(F)cc3)CC(=O)N2c2ccccc2)c(OCc2ccccc2)c1. The average Bonchev–Trinajstić information content (AvgIpc) is 3.37. The third kappa shape index (κ3) is 7.70. The van der Waals surface area contributed by atoms with E-state index in [4.69, 9.17) is 13.9 Å². The van der Waals surface area contributed by atoms with Crippen LogP contribution in [-0.2, 0) is 15.8 Å². The first-order valence-corrected chi connectivity index (χ1v) is 19.0. The highest BCUT2D eigenvalue weighted by molar-refractivity contribution is 6.74. The van der Waals surface area contributed by atoms with Crippen molar-refractivity contribution in [3.63, 3.8) is 0 Å². The van der Waals surface area contributed by atoms with E-state index in [1.807, 2.05) is 95.9 Å².